The summed E-state index contributed by atoms with van der Waals surface area (Å²) in [4.78, 5) is 2.14. The lowest BCUT2D eigenvalue weighted by Crippen LogP contribution is -2.32. The van der Waals surface area contributed by atoms with Crippen molar-refractivity contribution in [2.24, 2.45) is 0 Å². The van der Waals surface area contributed by atoms with E-state index in [4.69, 9.17) is 16.3 Å². The fraction of sp³-hybridized carbons (Fsp3) is 0.538. The van der Waals surface area contributed by atoms with E-state index in [-0.39, 0.29) is 0 Å². The van der Waals surface area contributed by atoms with Crippen molar-refractivity contribution in [3.63, 3.8) is 0 Å². The molecule has 17 heavy (non-hydrogen) atoms. The molecule has 0 aliphatic rings. The van der Waals surface area contributed by atoms with Gasteiger partial charge in [0.25, 0.3) is 0 Å². The van der Waals surface area contributed by atoms with Gasteiger partial charge in [0, 0.05) is 31.2 Å². The van der Waals surface area contributed by atoms with Crippen LogP contribution in [-0.4, -0.2) is 33.3 Å². The van der Waals surface area contributed by atoms with Crippen LogP contribution in [-0.2, 0) is 0 Å². The predicted octanol–water partition coefficient (Wildman–Crippen LogP) is 2.78. The Hall–Kier alpha value is -0.930. The minimum Gasteiger partial charge on any atom is -0.495 e. The van der Waals surface area contributed by atoms with Gasteiger partial charge in [-0.15, -0.1) is 0 Å². The summed E-state index contributed by atoms with van der Waals surface area (Å²) in [6, 6.07) is 6.16. The number of rotatable bonds is 6. The highest BCUT2D eigenvalue weighted by Crippen LogP contribution is 2.30. The summed E-state index contributed by atoms with van der Waals surface area (Å²) >= 11 is 6.00. The molecular weight excluding hydrogens is 236 g/mol. The second-order valence-electron chi connectivity index (χ2n) is 4.35. The number of anilines is 1. The summed E-state index contributed by atoms with van der Waals surface area (Å²) < 4.78 is 5.33. The van der Waals surface area contributed by atoms with E-state index >= 15 is 0 Å². The van der Waals surface area contributed by atoms with Gasteiger partial charge in [-0.1, -0.05) is 25.4 Å². The van der Waals surface area contributed by atoms with Crippen molar-refractivity contribution in [2.45, 2.75) is 19.9 Å². The molecule has 0 atom stereocenters. The molecular formula is C13H21ClN2O. The molecule has 0 aromatic heterocycles. The quantitative estimate of drug-likeness (QED) is 0.847. The number of benzene rings is 1. The van der Waals surface area contributed by atoms with Gasteiger partial charge in [0.1, 0.15) is 5.75 Å². The number of halogens is 1. The summed E-state index contributed by atoms with van der Waals surface area (Å²) in [7, 11) is 3.71. The molecule has 0 radical (unpaired) electrons. The SMILES string of the molecule is COc1ccc(Cl)cc1N(C)CCNC(C)C. The van der Waals surface area contributed by atoms with Crippen molar-refractivity contribution in [1.82, 2.24) is 5.32 Å². The highest BCUT2D eigenvalue weighted by Gasteiger charge is 2.08. The topological polar surface area (TPSA) is 24.5 Å². The predicted molar refractivity (Wildman–Crippen MR) is 74.4 cm³/mol. The van der Waals surface area contributed by atoms with E-state index in [1.165, 1.54) is 0 Å². The minimum atomic E-state index is 0.504. The van der Waals surface area contributed by atoms with Gasteiger partial charge in [-0.2, -0.15) is 0 Å². The normalized spacial score (nSPS) is 10.7. The first-order valence-electron chi connectivity index (χ1n) is 5.82. The molecule has 1 N–H and O–H groups in total. The molecule has 96 valence electrons. The van der Waals surface area contributed by atoms with Crippen LogP contribution in [0.4, 0.5) is 5.69 Å². The van der Waals surface area contributed by atoms with Gasteiger partial charge < -0.3 is 15.0 Å². The zero-order valence-electron chi connectivity index (χ0n) is 11.0. The van der Waals surface area contributed by atoms with E-state index in [1.807, 2.05) is 25.2 Å². The molecule has 3 nitrogen and oxygen atoms in total. The molecule has 0 saturated carbocycles. The van der Waals surface area contributed by atoms with Crippen LogP contribution in [0.15, 0.2) is 18.2 Å². The molecule has 0 heterocycles. The number of likely N-dealkylation sites (N-methyl/N-ethyl adjacent to an activating group) is 1. The molecule has 1 aromatic rings. The molecule has 0 aliphatic heterocycles. The minimum absolute atomic E-state index is 0.504. The number of ether oxygens (including phenoxy) is 1. The van der Waals surface area contributed by atoms with Gasteiger partial charge in [0.05, 0.1) is 12.8 Å². The summed E-state index contributed by atoms with van der Waals surface area (Å²) in [6.07, 6.45) is 0. The molecule has 0 amide bonds. The maximum absolute atomic E-state index is 6.00. The van der Waals surface area contributed by atoms with E-state index < -0.39 is 0 Å². The molecule has 1 aromatic carbocycles. The molecule has 1 rings (SSSR count). The lowest BCUT2D eigenvalue weighted by molar-refractivity contribution is 0.414. The summed E-state index contributed by atoms with van der Waals surface area (Å²) in [5.41, 5.74) is 1.02. The number of methoxy groups -OCH3 is 1. The largest absolute Gasteiger partial charge is 0.495 e. The smallest absolute Gasteiger partial charge is 0.142 e. The van der Waals surface area contributed by atoms with Crippen LogP contribution in [0, 0.1) is 0 Å². The molecule has 4 heteroatoms. The van der Waals surface area contributed by atoms with E-state index in [2.05, 4.69) is 24.1 Å². The van der Waals surface area contributed by atoms with Crippen LogP contribution in [0.1, 0.15) is 13.8 Å². The van der Waals surface area contributed by atoms with Crippen molar-refractivity contribution in [3.8, 4) is 5.75 Å². The van der Waals surface area contributed by atoms with Crippen LogP contribution < -0.4 is 15.0 Å². The third-order valence-corrected chi connectivity index (χ3v) is 2.79. The average molecular weight is 257 g/mol. The van der Waals surface area contributed by atoms with Crippen molar-refractivity contribution in [3.05, 3.63) is 23.2 Å². The molecule has 0 unspecified atom stereocenters. The zero-order valence-corrected chi connectivity index (χ0v) is 11.7. The second-order valence-corrected chi connectivity index (χ2v) is 4.78. The van der Waals surface area contributed by atoms with E-state index in [1.54, 1.807) is 7.11 Å². The fourth-order valence-corrected chi connectivity index (χ4v) is 1.77. The fourth-order valence-electron chi connectivity index (χ4n) is 1.60. The Morgan fingerprint density at radius 1 is 1.41 bits per heavy atom. The van der Waals surface area contributed by atoms with Crippen molar-refractivity contribution in [1.29, 1.82) is 0 Å². The Morgan fingerprint density at radius 3 is 2.71 bits per heavy atom. The maximum atomic E-state index is 6.00. The standard InChI is InChI=1S/C13H21ClN2O/c1-10(2)15-7-8-16(3)12-9-11(14)5-6-13(12)17-4/h5-6,9-10,15H,7-8H2,1-4H3. The Balaban J connectivity index is 2.66. The summed E-state index contributed by atoms with van der Waals surface area (Å²) in [5.74, 6) is 0.849. The molecule has 0 aliphatic carbocycles. The van der Waals surface area contributed by atoms with Crippen LogP contribution >= 0.6 is 11.6 Å². The molecule has 0 saturated heterocycles. The first kappa shape index (κ1) is 14.1. The maximum Gasteiger partial charge on any atom is 0.142 e. The third-order valence-electron chi connectivity index (χ3n) is 2.55. The van der Waals surface area contributed by atoms with Crippen LogP contribution in [0.3, 0.4) is 0 Å². The van der Waals surface area contributed by atoms with Gasteiger partial charge in [0.15, 0.2) is 0 Å². The molecule has 0 fully saturated rings. The van der Waals surface area contributed by atoms with Gasteiger partial charge in [-0.05, 0) is 18.2 Å². The van der Waals surface area contributed by atoms with Gasteiger partial charge in [-0.25, -0.2) is 0 Å². The Labute approximate surface area is 109 Å². The Bertz CT molecular complexity index is 355. The number of hydrogen-bond donors (Lipinski definition) is 1. The number of nitrogens with one attached hydrogen (secondary N) is 1. The van der Waals surface area contributed by atoms with Gasteiger partial charge >= 0.3 is 0 Å². The van der Waals surface area contributed by atoms with E-state index in [0.717, 1.165) is 29.5 Å². The van der Waals surface area contributed by atoms with Crippen molar-refractivity contribution < 1.29 is 4.74 Å². The van der Waals surface area contributed by atoms with Crippen LogP contribution in [0.2, 0.25) is 5.02 Å². The van der Waals surface area contributed by atoms with Crippen LogP contribution in [0.25, 0.3) is 0 Å². The van der Waals surface area contributed by atoms with Gasteiger partial charge in [0.2, 0.25) is 0 Å². The number of hydrogen-bond acceptors (Lipinski definition) is 3. The number of nitrogens with zero attached hydrogens (tertiary/aromatic N) is 1. The Morgan fingerprint density at radius 2 is 2.12 bits per heavy atom. The first-order chi connectivity index (χ1) is 8.04. The third kappa shape index (κ3) is 4.44. The van der Waals surface area contributed by atoms with Crippen molar-refractivity contribution >= 4 is 17.3 Å². The first-order valence-corrected chi connectivity index (χ1v) is 6.20. The second kappa shape index (κ2) is 6.72. The Kier molecular flexibility index (Phi) is 5.59. The highest BCUT2D eigenvalue weighted by molar-refractivity contribution is 6.30. The van der Waals surface area contributed by atoms with Crippen molar-refractivity contribution in [2.75, 3.05) is 32.1 Å². The lowest BCUT2D eigenvalue weighted by atomic mass is 10.2. The average Bonchev–Trinajstić information content (AvgIpc) is 2.28. The monoisotopic (exact) mass is 256 g/mol. The zero-order chi connectivity index (χ0) is 12.8. The molecule has 0 bridgehead atoms. The van der Waals surface area contributed by atoms with Crippen LogP contribution in [0.5, 0.6) is 5.75 Å². The highest BCUT2D eigenvalue weighted by atomic mass is 35.5. The summed E-state index contributed by atoms with van der Waals surface area (Å²) in [6.45, 7) is 6.12. The van der Waals surface area contributed by atoms with E-state index in [0.29, 0.717) is 6.04 Å². The van der Waals surface area contributed by atoms with Gasteiger partial charge in [-0.3, -0.25) is 0 Å². The summed E-state index contributed by atoms with van der Waals surface area (Å²) in [5, 5.41) is 4.11. The lowest BCUT2D eigenvalue weighted by Gasteiger charge is -2.22. The molecule has 0 spiro atoms. The van der Waals surface area contributed by atoms with E-state index in [9.17, 15) is 0 Å².